The SMILES string of the molecule is C1=C(c2c[nH]c3ncccc23)CNC1. The maximum atomic E-state index is 4.27. The molecule has 0 saturated heterocycles. The van der Waals surface area contributed by atoms with E-state index >= 15 is 0 Å². The Morgan fingerprint density at radius 3 is 3.21 bits per heavy atom. The summed E-state index contributed by atoms with van der Waals surface area (Å²) >= 11 is 0. The molecule has 3 nitrogen and oxygen atoms in total. The van der Waals surface area contributed by atoms with E-state index in [2.05, 4.69) is 27.4 Å². The van der Waals surface area contributed by atoms with Crippen LogP contribution in [0.5, 0.6) is 0 Å². The van der Waals surface area contributed by atoms with E-state index in [0.29, 0.717) is 0 Å². The van der Waals surface area contributed by atoms with Crippen molar-refractivity contribution < 1.29 is 0 Å². The molecule has 2 aromatic rings. The van der Waals surface area contributed by atoms with Crippen LogP contribution in [0.25, 0.3) is 16.6 Å². The van der Waals surface area contributed by atoms with Gasteiger partial charge in [-0.15, -0.1) is 0 Å². The average Bonchev–Trinajstić information content (AvgIpc) is 2.85. The predicted octanol–water partition coefficient (Wildman–Crippen LogP) is 1.55. The predicted molar refractivity (Wildman–Crippen MR) is 56.9 cm³/mol. The summed E-state index contributed by atoms with van der Waals surface area (Å²) in [5.41, 5.74) is 3.61. The minimum atomic E-state index is 0.960. The molecular formula is C11H11N3. The minimum Gasteiger partial charge on any atom is -0.346 e. The Labute approximate surface area is 81.9 Å². The summed E-state index contributed by atoms with van der Waals surface area (Å²) in [6.07, 6.45) is 6.08. The molecule has 0 amide bonds. The lowest BCUT2D eigenvalue weighted by Crippen LogP contribution is -2.07. The first kappa shape index (κ1) is 7.76. The summed E-state index contributed by atoms with van der Waals surface area (Å²) < 4.78 is 0. The van der Waals surface area contributed by atoms with Gasteiger partial charge >= 0.3 is 0 Å². The number of hydrogen-bond acceptors (Lipinski definition) is 2. The molecule has 3 rings (SSSR count). The van der Waals surface area contributed by atoms with Gasteiger partial charge in [-0.2, -0.15) is 0 Å². The summed E-state index contributed by atoms with van der Waals surface area (Å²) in [5.74, 6) is 0. The van der Waals surface area contributed by atoms with Gasteiger partial charge in [0, 0.05) is 36.4 Å². The number of pyridine rings is 1. The van der Waals surface area contributed by atoms with Crippen molar-refractivity contribution in [1.82, 2.24) is 15.3 Å². The number of aromatic amines is 1. The van der Waals surface area contributed by atoms with Crippen LogP contribution in [-0.2, 0) is 0 Å². The monoisotopic (exact) mass is 185 g/mol. The quantitative estimate of drug-likeness (QED) is 0.707. The number of aromatic nitrogens is 2. The standard InChI is InChI=1S/C11H11N3/c1-2-9-10(8-3-5-12-6-8)7-14-11(9)13-4-1/h1-4,7,12H,5-6H2,(H,13,14). The Kier molecular flexibility index (Phi) is 1.64. The van der Waals surface area contributed by atoms with Gasteiger partial charge in [0.05, 0.1) is 0 Å². The van der Waals surface area contributed by atoms with Crippen LogP contribution in [-0.4, -0.2) is 23.1 Å². The average molecular weight is 185 g/mol. The number of fused-ring (bicyclic) bond motifs is 1. The molecule has 0 bridgehead atoms. The highest BCUT2D eigenvalue weighted by Crippen LogP contribution is 2.24. The molecule has 2 N–H and O–H groups in total. The minimum absolute atomic E-state index is 0.960. The molecule has 0 aliphatic carbocycles. The highest BCUT2D eigenvalue weighted by atomic mass is 14.9. The van der Waals surface area contributed by atoms with Gasteiger partial charge in [0.1, 0.15) is 5.65 Å². The highest BCUT2D eigenvalue weighted by Gasteiger charge is 2.11. The van der Waals surface area contributed by atoms with E-state index in [0.717, 1.165) is 18.7 Å². The molecule has 1 aliphatic heterocycles. The van der Waals surface area contributed by atoms with Gasteiger partial charge in [-0.05, 0) is 17.7 Å². The lowest BCUT2D eigenvalue weighted by molar-refractivity contribution is 0.897. The second kappa shape index (κ2) is 2.96. The maximum Gasteiger partial charge on any atom is 0.137 e. The zero-order valence-electron chi connectivity index (χ0n) is 7.75. The molecule has 0 fully saturated rings. The number of rotatable bonds is 1. The van der Waals surface area contributed by atoms with Crippen molar-refractivity contribution in [3.05, 3.63) is 36.2 Å². The van der Waals surface area contributed by atoms with Gasteiger partial charge in [-0.3, -0.25) is 0 Å². The normalized spacial score (nSPS) is 16.1. The Morgan fingerprint density at radius 1 is 1.36 bits per heavy atom. The van der Waals surface area contributed by atoms with E-state index in [1.54, 1.807) is 0 Å². The summed E-state index contributed by atoms with van der Waals surface area (Å²) in [5, 5.41) is 4.51. The largest absolute Gasteiger partial charge is 0.346 e. The number of nitrogens with zero attached hydrogens (tertiary/aromatic N) is 1. The molecule has 0 radical (unpaired) electrons. The third-order valence-corrected chi connectivity index (χ3v) is 2.61. The van der Waals surface area contributed by atoms with Crippen LogP contribution < -0.4 is 5.32 Å². The van der Waals surface area contributed by atoms with Crippen molar-refractivity contribution in [2.75, 3.05) is 13.1 Å². The molecule has 0 atom stereocenters. The van der Waals surface area contributed by atoms with Crippen LogP contribution in [0, 0.1) is 0 Å². The molecule has 1 aliphatic rings. The molecule has 3 heterocycles. The molecule has 0 unspecified atom stereocenters. The van der Waals surface area contributed by atoms with E-state index in [9.17, 15) is 0 Å². The molecule has 0 saturated carbocycles. The third-order valence-electron chi connectivity index (χ3n) is 2.61. The first-order valence-electron chi connectivity index (χ1n) is 4.77. The fourth-order valence-electron chi connectivity index (χ4n) is 1.90. The van der Waals surface area contributed by atoms with E-state index in [-0.39, 0.29) is 0 Å². The molecular weight excluding hydrogens is 174 g/mol. The van der Waals surface area contributed by atoms with Crippen molar-refractivity contribution in [3.8, 4) is 0 Å². The van der Waals surface area contributed by atoms with Crippen molar-refractivity contribution in [3.63, 3.8) is 0 Å². The summed E-state index contributed by atoms with van der Waals surface area (Å²) in [6.45, 7) is 1.93. The van der Waals surface area contributed by atoms with Crippen LogP contribution in [0.1, 0.15) is 5.56 Å². The Bertz CT molecular complexity index is 496. The molecule has 3 heteroatoms. The smallest absolute Gasteiger partial charge is 0.137 e. The first-order chi connectivity index (χ1) is 6.95. The lowest BCUT2D eigenvalue weighted by atomic mass is 10.1. The van der Waals surface area contributed by atoms with Crippen LogP contribution in [0.3, 0.4) is 0 Å². The summed E-state index contributed by atoms with van der Waals surface area (Å²) in [6, 6.07) is 4.08. The third kappa shape index (κ3) is 1.06. The summed E-state index contributed by atoms with van der Waals surface area (Å²) in [7, 11) is 0. The van der Waals surface area contributed by atoms with Gasteiger partial charge in [0.15, 0.2) is 0 Å². The van der Waals surface area contributed by atoms with Crippen molar-refractivity contribution in [1.29, 1.82) is 0 Å². The topological polar surface area (TPSA) is 40.7 Å². The van der Waals surface area contributed by atoms with Crippen LogP contribution in [0.15, 0.2) is 30.6 Å². The van der Waals surface area contributed by atoms with Gasteiger partial charge < -0.3 is 10.3 Å². The van der Waals surface area contributed by atoms with Crippen LogP contribution >= 0.6 is 0 Å². The first-order valence-corrected chi connectivity index (χ1v) is 4.77. The van der Waals surface area contributed by atoms with Crippen molar-refractivity contribution in [2.24, 2.45) is 0 Å². The maximum absolute atomic E-state index is 4.27. The van der Waals surface area contributed by atoms with Crippen molar-refractivity contribution in [2.45, 2.75) is 0 Å². The number of nitrogens with one attached hydrogen (secondary N) is 2. The second-order valence-electron chi connectivity index (χ2n) is 3.46. The van der Waals surface area contributed by atoms with Gasteiger partial charge in [0.25, 0.3) is 0 Å². The fourth-order valence-corrected chi connectivity index (χ4v) is 1.90. The second-order valence-corrected chi connectivity index (χ2v) is 3.46. The van der Waals surface area contributed by atoms with E-state index in [1.807, 2.05) is 18.5 Å². The zero-order chi connectivity index (χ0) is 9.38. The molecule has 0 spiro atoms. The summed E-state index contributed by atoms with van der Waals surface area (Å²) in [4.78, 5) is 7.46. The Hall–Kier alpha value is -1.61. The number of H-pyrrole nitrogens is 1. The van der Waals surface area contributed by atoms with Crippen LogP contribution in [0.2, 0.25) is 0 Å². The van der Waals surface area contributed by atoms with Gasteiger partial charge in [0.2, 0.25) is 0 Å². The highest BCUT2D eigenvalue weighted by molar-refractivity contribution is 5.91. The van der Waals surface area contributed by atoms with Crippen LogP contribution in [0.4, 0.5) is 0 Å². The van der Waals surface area contributed by atoms with E-state index < -0.39 is 0 Å². The van der Waals surface area contributed by atoms with E-state index in [4.69, 9.17) is 0 Å². The molecule has 70 valence electrons. The molecule has 14 heavy (non-hydrogen) atoms. The van der Waals surface area contributed by atoms with E-state index in [1.165, 1.54) is 16.5 Å². The Morgan fingerprint density at radius 2 is 2.36 bits per heavy atom. The van der Waals surface area contributed by atoms with Crippen molar-refractivity contribution >= 4 is 16.6 Å². The molecule has 2 aromatic heterocycles. The molecule has 0 aromatic carbocycles. The van der Waals surface area contributed by atoms with Gasteiger partial charge in [-0.1, -0.05) is 6.08 Å². The lowest BCUT2D eigenvalue weighted by Gasteiger charge is -1.98. The zero-order valence-corrected chi connectivity index (χ0v) is 7.75. The number of hydrogen-bond donors (Lipinski definition) is 2. The van der Waals surface area contributed by atoms with Gasteiger partial charge in [-0.25, -0.2) is 4.98 Å². The Balaban J connectivity index is 2.21. The fraction of sp³-hybridized carbons (Fsp3) is 0.182.